The molecule has 1 aromatic carbocycles. The van der Waals surface area contributed by atoms with Crippen LogP contribution in [-0.4, -0.2) is 9.97 Å². The third kappa shape index (κ3) is 2.12. The molecule has 5 heteroatoms. The van der Waals surface area contributed by atoms with E-state index in [1.807, 2.05) is 36.4 Å². The van der Waals surface area contributed by atoms with Crippen molar-refractivity contribution in [3.05, 3.63) is 47.6 Å². The van der Waals surface area contributed by atoms with E-state index in [1.165, 1.54) is 11.3 Å². The monoisotopic (exact) mass is 257 g/mol. The molecule has 18 heavy (non-hydrogen) atoms. The Morgan fingerprint density at radius 2 is 2.06 bits per heavy atom. The Hall–Kier alpha value is -2.14. The lowest BCUT2D eigenvalue weighted by molar-refractivity contribution is 0.307. The van der Waals surface area contributed by atoms with E-state index >= 15 is 0 Å². The number of fused-ring (bicyclic) bond motifs is 1. The van der Waals surface area contributed by atoms with E-state index in [2.05, 4.69) is 9.97 Å². The highest BCUT2D eigenvalue weighted by Gasteiger charge is 2.05. The number of nitrogens with two attached hydrogens (primary N) is 1. The Kier molecular flexibility index (Phi) is 2.82. The summed E-state index contributed by atoms with van der Waals surface area (Å²) in [7, 11) is 0. The van der Waals surface area contributed by atoms with Crippen molar-refractivity contribution in [1.29, 1.82) is 0 Å². The van der Waals surface area contributed by atoms with Crippen molar-refractivity contribution in [2.24, 2.45) is 0 Å². The van der Waals surface area contributed by atoms with Crippen LogP contribution in [0.5, 0.6) is 5.75 Å². The van der Waals surface area contributed by atoms with Crippen LogP contribution in [0.4, 0.5) is 5.69 Å². The van der Waals surface area contributed by atoms with E-state index in [0.717, 1.165) is 15.4 Å². The summed E-state index contributed by atoms with van der Waals surface area (Å²) in [6, 6.07) is 11.3. The van der Waals surface area contributed by atoms with Gasteiger partial charge in [-0.3, -0.25) is 0 Å². The first-order valence-electron chi connectivity index (χ1n) is 5.50. The maximum absolute atomic E-state index is 5.81. The number of anilines is 1. The van der Waals surface area contributed by atoms with Gasteiger partial charge in [-0.2, -0.15) is 0 Å². The Bertz CT molecular complexity index is 648. The van der Waals surface area contributed by atoms with Crippen LogP contribution in [0.2, 0.25) is 0 Å². The first-order valence-corrected chi connectivity index (χ1v) is 6.32. The average Bonchev–Trinajstić information content (AvgIpc) is 2.80. The molecule has 2 N–H and O–H groups in total. The predicted octanol–water partition coefficient (Wildman–Crippen LogP) is 2.85. The Balaban J connectivity index is 1.79. The molecule has 0 atom stereocenters. The van der Waals surface area contributed by atoms with Crippen LogP contribution in [0.1, 0.15) is 5.01 Å². The minimum absolute atomic E-state index is 0.412. The summed E-state index contributed by atoms with van der Waals surface area (Å²) in [5.74, 6) is 0.685. The molecule has 3 rings (SSSR count). The number of hydrogen-bond acceptors (Lipinski definition) is 5. The molecule has 0 aliphatic heterocycles. The zero-order chi connectivity index (χ0) is 12.4. The highest BCUT2D eigenvalue weighted by Crippen LogP contribution is 2.24. The van der Waals surface area contributed by atoms with Gasteiger partial charge in [0.1, 0.15) is 27.7 Å². The third-order valence-electron chi connectivity index (χ3n) is 2.48. The molecule has 90 valence electrons. The standard InChI is InChI=1S/C13H11N3OS/c14-9-4-1-2-6-11(9)17-8-12-16-10-5-3-7-15-13(10)18-12/h1-7H,8,14H2. The number of rotatable bonds is 3. The lowest BCUT2D eigenvalue weighted by Crippen LogP contribution is -1.97. The van der Waals surface area contributed by atoms with Crippen LogP contribution in [0.3, 0.4) is 0 Å². The maximum atomic E-state index is 5.81. The summed E-state index contributed by atoms with van der Waals surface area (Å²) in [5, 5.41) is 0.895. The van der Waals surface area contributed by atoms with E-state index < -0.39 is 0 Å². The van der Waals surface area contributed by atoms with Gasteiger partial charge in [0, 0.05) is 6.20 Å². The lowest BCUT2D eigenvalue weighted by atomic mass is 10.3. The largest absolute Gasteiger partial charge is 0.484 e. The molecule has 4 nitrogen and oxygen atoms in total. The number of pyridine rings is 1. The normalized spacial score (nSPS) is 10.7. The molecule has 0 saturated carbocycles. The van der Waals surface area contributed by atoms with Crippen LogP contribution in [0.25, 0.3) is 10.3 Å². The fourth-order valence-electron chi connectivity index (χ4n) is 1.63. The molecule has 0 amide bonds. The first-order chi connectivity index (χ1) is 8.83. The predicted molar refractivity (Wildman–Crippen MR) is 72.6 cm³/mol. The van der Waals surface area contributed by atoms with Crippen LogP contribution in [0.15, 0.2) is 42.6 Å². The highest BCUT2D eigenvalue weighted by molar-refractivity contribution is 7.18. The molecule has 2 aromatic heterocycles. The van der Waals surface area contributed by atoms with Gasteiger partial charge >= 0.3 is 0 Å². The van der Waals surface area contributed by atoms with Gasteiger partial charge in [-0.05, 0) is 24.3 Å². The molecular weight excluding hydrogens is 246 g/mol. The second-order valence-electron chi connectivity index (χ2n) is 3.76. The molecule has 0 saturated heterocycles. The molecule has 0 fully saturated rings. The molecule has 0 radical (unpaired) electrons. The Labute approximate surface area is 108 Å². The second kappa shape index (κ2) is 4.62. The topological polar surface area (TPSA) is 61.0 Å². The van der Waals surface area contributed by atoms with Crippen molar-refractivity contribution in [1.82, 2.24) is 9.97 Å². The lowest BCUT2D eigenvalue weighted by Gasteiger charge is -2.05. The van der Waals surface area contributed by atoms with Gasteiger partial charge < -0.3 is 10.5 Å². The number of thiazole rings is 1. The number of nitrogen functional groups attached to an aromatic ring is 1. The summed E-state index contributed by atoms with van der Waals surface area (Å²) in [6.07, 6.45) is 1.76. The summed E-state index contributed by atoms with van der Waals surface area (Å²) < 4.78 is 5.65. The van der Waals surface area contributed by atoms with Gasteiger partial charge in [0.05, 0.1) is 5.69 Å². The SMILES string of the molecule is Nc1ccccc1OCc1nc2cccnc2s1. The number of para-hydroxylation sites is 2. The summed E-state index contributed by atoms with van der Waals surface area (Å²) in [6.45, 7) is 0.412. The fourth-order valence-corrected chi connectivity index (χ4v) is 2.44. The maximum Gasteiger partial charge on any atom is 0.143 e. The molecule has 0 aliphatic rings. The van der Waals surface area contributed by atoms with E-state index in [0.29, 0.717) is 18.0 Å². The quantitative estimate of drug-likeness (QED) is 0.733. The minimum Gasteiger partial charge on any atom is -0.484 e. The van der Waals surface area contributed by atoms with Crippen LogP contribution in [-0.2, 0) is 6.61 Å². The van der Waals surface area contributed by atoms with Crippen LogP contribution < -0.4 is 10.5 Å². The number of aromatic nitrogens is 2. The number of nitrogens with zero attached hydrogens (tertiary/aromatic N) is 2. The van der Waals surface area contributed by atoms with Crippen molar-refractivity contribution in [2.75, 3.05) is 5.73 Å². The van der Waals surface area contributed by atoms with E-state index in [4.69, 9.17) is 10.5 Å². The van der Waals surface area contributed by atoms with E-state index in [-0.39, 0.29) is 0 Å². The Morgan fingerprint density at radius 3 is 2.89 bits per heavy atom. The number of hydrogen-bond donors (Lipinski definition) is 1. The van der Waals surface area contributed by atoms with E-state index in [9.17, 15) is 0 Å². The summed E-state index contributed by atoms with van der Waals surface area (Å²) in [4.78, 5) is 9.63. The zero-order valence-electron chi connectivity index (χ0n) is 9.54. The average molecular weight is 257 g/mol. The Morgan fingerprint density at radius 1 is 1.17 bits per heavy atom. The molecule has 0 bridgehead atoms. The number of ether oxygens (including phenoxy) is 1. The highest BCUT2D eigenvalue weighted by atomic mass is 32.1. The van der Waals surface area contributed by atoms with Crippen molar-refractivity contribution < 1.29 is 4.74 Å². The first kappa shape index (κ1) is 11.0. The van der Waals surface area contributed by atoms with Gasteiger partial charge in [-0.15, -0.1) is 0 Å². The van der Waals surface area contributed by atoms with Crippen molar-refractivity contribution in [3.63, 3.8) is 0 Å². The van der Waals surface area contributed by atoms with Crippen molar-refractivity contribution >= 4 is 27.4 Å². The summed E-state index contributed by atoms with van der Waals surface area (Å²) in [5.41, 5.74) is 7.35. The van der Waals surface area contributed by atoms with E-state index in [1.54, 1.807) is 6.20 Å². The van der Waals surface area contributed by atoms with Gasteiger partial charge in [0.2, 0.25) is 0 Å². The van der Waals surface area contributed by atoms with Gasteiger partial charge in [-0.25, -0.2) is 9.97 Å². The second-order valence-corrected chi connectivity index (χ2v) is 4.82. The smallest absolute Gasteiger partial charge is 0.143 e. The molecule has 0 spiro atoms. The molecule has 2 heterocycles. The van der Waals surface area contributed by atoms with Crippen LogP contribution >= 0.6 is 11.3 Å². The fraction of sp³-hybridized carbons (Fsp3) is 0.0769. The summed E-state index contributed by atoms with van der Waals surface area (Å²) >= 11 is 1.53. The molecule has 3 aromatic rings. The minimum atomic E-state index is 0.412. The third-order valence-corrected chi connectivity index (χ3v) is 3.43. The van der Waals surface area contributed by atoms with Crippen molar-refractivity contribution in [3.8, 4) is 5.75 Å². The molecular formula is C13H11N3OS. The van der Waals surface area contributed by atoms with Gasteiger partial charge in [0.25, 0.3) is 0 Å². The zero-order valence-corrected chi connectivity index (χ0v) is 10.4. The molecule has 0 unspecified atom stereocenters. The van der Waals surface area contributed by atoms with Gasteiger partial charge in [0.15, 0.2) is 0 Å². The number of benzene rings is 1. The van der Waals surface area contributed by atoms with Gasteiger partial charge in [-0.1, -0.05) is 23.5 Å². The van der Waals surface area contributed by atoms with Crippen LogP contribution in [0, 0.1) is 0 Å². The van der Waals surface area contributed by atoms with Crippen molar-refractivity contribution in [2.45, 2.75) is 6.61 Å². The molecule has 0 aliphatic carbocycles.